The Bertz CT molecular complexity index is 433. The Morgan fingerprint density at radius 1 is 1.35 bits per heavy atom. The number of benzene rings is 1. The Morgan fingerprint density at radius 2 is 2.15 bits per heavy atom. The second kappa shape index (κ2) is 7.44. The van der Waals surface area contributed by atoms with Gasteiger partial charge in [0.25, 0.3) is 0 Å². The van der Waals surface area contributed by atoms with Crippen molar-refractivity contribution < 1.29 is 0 Å². The number of nitrogens with zero attached hydrogens (tertiary/aromatic N) is 1. The summed E-state index contributed by atoms with van der Waals surface area (Å²) in [6, 6.07) is 7.67. The zero-order valence-corrected chi connectivity index (χ0v) is 13.7. The van der Waals surface area contributed by atoms with Crippen LogP contribution in [0.15, 0.2) is 18.2 Å². The van der Waals surface area contributed by atoms with Gasteiger partial charge in [0.15, 0.2) is 0 Å². The van der Waals surface area contributed by atoms with E-state index in [0.717, 1.165) is 24.7 Å². The predicted octanol–water partition coefficient (Wildman–Crippen LogP) is 4.00. The Labute approximate surface area is 128 Å². The summed E-state index contributed by atoms with van der Waals surface area (Å²) in [5.41, 5.74) is 2.49. The second-order valence-corrected chi connectivity index (χ2v) is 6.39. The Balaban J connectivity index is 2.07. The summed E-state index contributed by atoms with van der Waals surface area (Å²) in [6.45, 7) is 9.83. The van der Waals surface area contributed by atoms with Crippen molar-refractivity contribution in [2.45, 2.75) is 58.7 Å². The van der Waals surface area contributed by atoms with Crippen molar-refractivity contribution >= 4 is 11.6 Å². The molecular formula is C17H27ClN2. The average molecular weight is 295 g/mol. The molecule has 1 aromatic carbocycles. The third-order valence-corrected chi connectivity index (χ3v) is 4.66. The van der Waals surface area contributed by atoms with E-state index in [0.29, 0.717) is 12.1 Å². The van der Waals surface area contributed by atoms with E-state index in [-0.39, 0.29) is 0 Å². The van der Waals surface area contributed by atoms with E-state index in [4.69, 9.17) is 11.6 Å². The van der Waals surface area contributed by atoms with Gasteiger partial charge in [0, 0.05) is 36.7 Å². The lowest BCUT2D eigenvalue weighted by Gasteiger charge is -2.40. The fourth-order valence-corrected chi connectivity index (χ4v) is 3.36. The fraction of sp³-hybridized carbons (Fsp3) is 0.647. The maximum atomic E-state index is 6.39. The molecule has 1 heterocycles. The highest BCUT2D eigenvalue weighted by Gasteiger charge is 2.26. The van der Waals surface area contributed by atoms with Crippen LogP contribution in [0.2, 0.25) is 5.02 Å². The molecule has 112 valence electrons. The molecule has 0 radical (unpaired) electrons. The zero-order valence-electron chi connectivity index (χ0n) is 13.0. The minimum atomic E-state index is 0.625. The number of nitrogens with one attached hydrogen (secondary N) is 1. The molecule has 2 unspecified atom stereocenters. The molecule has 1 aromatic rings. The van der Waals surface area contributed by atoms with E-state index in [1.54, 1.807) is 0 Å². The minimum absolute atomic E-state index is 0.625. The van der Waals surface area contributed by atoms with Gasteiger partial charge in [-0.2, -0.15) is 0 Å². The van der Waals surface area contributed by atoms with Crippen LogP contribution in [0.3, 0.4) is 0 Å². The zero-order chi connectivity index (χ0) is 14.5. The summed E-state index contributed by atoms with van der Waals surface area (Å²) in [5, 5.41) is 4.59. The lowest BCUT2D eigenvalue weighted by Crippen LogP contribution is -2.55. The van der Waals surface area contributed by atoms with Crippen molar-refractivity contribution in [1.82, 2.24) is 10.2 Å². The van der Waals surface area contributed by atoms with E-state index >= 15 is 0 Å². The van der Waals surface area contributed by atoms with Gasteiger partial charge in [0.05, 0.1) is 0 Å². The standard InChI is InChI=1S/C17H27ClN2/c1-4-6-15-12-20(16(5-2)10-19-15)11-14-8-7-13(3)9-17(14)18/h7-9,15-16,19H,4-6,10-12H2,1-3H3. The number of halogens is 1. The van der Waals surface area contributed by atoms with Gasteiger partial charge in [-0.3, -0.25) is 4.90 Å². The molecule has 1 fully saturated rings. The lowest BCUT2D eigenvalue weighted by atomic mass is 10.0. The van der Waals surface area contributed by atoms with Crippen molar-refractivity contribution in [1.29, 1.82) is 0 Å². The summed E-state index contributed by atoms with van der Waals surface area (Å²) in [4.78, 5) is 2.60. The van der Waals surface area contributed by atoms with Gasteiger partial charge >= 0.3 is 0 Å². The number of rotatable bonds is 5. The van der Waals surface area contributed by atoms with Crippen LogP contribution in [0.4, 0.5) is 0 Å². The third-order valence-electron chi connectivity index (χ3n) is 4.30. The van der Waals surface area contributed by atoms with Crippen molar-refractivity contribution in [2.75, 3.05) is 13.1 Å². The molecule has 0 aromatic heterocycles. The number of aryl methyl sites for hydroxylation is 1. The maximum Gasteiger partial charge on any atom is 0.0453 e. The Morgan fingerprint density at radius 3 is 2.80 bits per heavy atom. The summed E-state index contributed by atoms with van der Waals surface area (Å²) in [6.07, 6.45) is 3.69. The summed E-state index contributed by atoms with van der Waals surface area (Å²) in [5.74, 6) is 0. The molecule has 3 heteroatoms. The summed E-state index contributed by atoms with van der Waals surface area (Å²) in [7, 11) is 0. The molecule has 20 heavy (non-hydrogen) atoms. The van der Waals surface area contributed by atoms with Gasteiger partial charge in [0.1, 0.15) is 0 Å². The molecule has 0 spiro atoms. The van der Waals surface area contributed by atoms with E-state index in [2.05, 4.69) is 49.2 Å². The van der Waals surface area contributed by atoms with E-state index in [9.17, 15) is 0 Å². The predicted molar refractivity (Wildman–Crippen MR) is 87.4 cm³/mol. The normalized spacial score (nSPS) is 24.0. The van der Waals surface area contributed by atoms with Gasteiger partial charge < -0.3 is 5.32 Å². The number of piperazine rings is 1. The molecule has 1 saturated heterocycles. The van der Waals surface area contributed by atoms with Crippen molar-refractivity contribution in [3.63, 3.8) is 0 Å². The summed E-state index contributed by atoms with van der Waals surface area (Å²) >= 11 is 6.39. The first-order valence-electron chi connectivity index (χ1n) is 7.86. The Hall–Kier alpha value is -0.570. The molecule has 0 saturated carbocycles. The fourth-order valence-electron chi connectivity index (χ4n) is 3.07. The first-order valence-corrected chi connectivity index (χ1v) is 8.24. The molecule has 0 aliphatic carbocycles. The van der Waals surface area contributed by atoms with Crippen LogP contribution in [0.5, 0.6) is 0 Å². The second-order valence-electron chi connectivity index (χ2n) is 5.98. The van der Waals surface area contributed by atoms with Crippen LogP contribution in [-0.4, -0.2) is 30.1 Å². The summed E-state index contributed by atoms with van der Waals surface area (Å²) < 4.78 is 0. The minimum Gasteiger partial charge on any atom is -0.311 e. The highest BCUT2D eigenvalue weighted by molar-refractivity contribution is 6.31. The molecule has 2 atom stereocenters. The smallest absolute Gasteiger partial charge is 0.0453 e. The number of hydrogen-bond acceptors (Lipinski definition) is 2. The van der Waals surface area contributed by atoms with Crippen LogP contribution < -0.4 is 5.32 Å². The van der Waals surface area contributed by atoms with Crippen molar-refractivity contribution in [3.8, 4) is 0 Å². The molecule has 1 N–H and O–H groups in total. The third kappa shape index (κ3) is 3.97. The molecular weight excluding hydrogens is 268 g/mol. The largest absolute Gasteiger partial charge is 0.311 e. The lowest BCUT2D eigenvalue weighted by molar-refractivity contribution is 0.115. The molecule has 0 amide bonds. The van der Waals surface area contributed by atoms with E-state index in [1.165, 1.54) is 30.4 Å². The molecule has 1 aliphatic heterocycles. The molecule has 2 nitrogen and oxygen atoms in total. The van der Waals surface area contributed by atoms with Gasteiger partial charge in [-0.05, 0) is 37.0 Å². The topological polar surface area (TPSA) is 15.3 Å². The molecule has 0 bridgehead atoms. The van der Waals surface area contributed by atoms with Gasteiger partial charge in [-0.25, -0.2) is 0 Å². The highest BCUT2D eigenvalue weighted by Crippen LogP contribution is 2.22. The van der Waals surface area contributed by atoms with Gasteiger partial charge in [-0.15, -0.1) is 0 Å². The maximum absolute atomic E-state index is 6.39. The SMILES string of the molecule is CCCC1CN(Cc2ccc(C)cc2Cl)C(CC)CN1. The van der Waals surface area contributed by atoms with Crippen LogP contribution in [0.1, 0.15) is 44.2 Å². The van der Waals surface area contributed by atoms with Gasteiger partial charge in [0.2, 0.25) is 0 Å². The Kier molecular flexibility index (Phi) is 5.88. The van der Waals surface area contributed by atoms with Crippen LogP contribution in [-0.2, 0) is 6.54 Å². The van der Waals surface area contributed by atoms with Crippen molar-refractivity contribution in [2.24, 2.45) is 0 Å². The first-order chi connectivity index (χ1) is 9.63. The van der Waals surface area contributed by atoms with Gasteiger partial charge in [-0.1, -0.05) is 44.0 Å². The molecule has 2 rings (SSSR count). The van der Waals surface area contributed by atoms with E-state index < -0.39 is 0 Å². The average Bonchev–Trinajstić information content (AvgIpc) is 2.43. The quantitative estimate of drug-likeness (QED) is 0.883. The van der Waals surface area contributed by atoms with Crippen LogP contribution in [0.25, 0.3) is 0 Å². The number of hydrogen-bond donors (Lipinski definition) is 1. The highest BCUT2D eigenvalue weighted by atomic mass is 35.5. The van der Waals surface area contributed by atoms with Crippen LogP contribution >= 0.6 is 11.6 Å². The van der Waals surface area contributed by atoms with Crippen LogP contribution in [0, 0.1) is 6.92 Å². The van der Waals surface area contributed by atoms with Crippen molar-refractivity contribution in [3.05, 3.63) is 34.3 Å². The molecule has 1 aliphatic rings. The first kappa shape index (κ1) is 15.8. The monoisotopic (exact) mass is 294 g/mol. The van der Waals surface area contributed by atoms with E-state index in [1.807, 2.05) is 0 Å².